The molecule has 9 atom stereocenters. The summed E-state index contributed by atoms with van der Waals surface area (Å²) in [5.74, 6) is 5.59. The average Bonchev–Trinajstić information content (AvgIpc) is 3.00. The van der Waals surface area contributed by atoms with E-state index in [1.165, 1.54) is 77.0 Å². The third kappa shape index (κ3) is 3.54. The van der Waals surface area contributed by atoms with Crippen LogP contribution in [0.5, 0.6) is 0 Å². The summed E-state index contributed by atoms with van der Waals surface area (Å²) in [7, 11) is 0. The lowest BCUT2D eigenvalue weighted by Gasteiger charge is -2.66. The summed E-state index contributed by atoms with van der Waals surface area (Å²) in [6.45, 7) is 15.6. The molecule has 0 bridgehead atoms. The van der Waals surface area contributed by atoms with Crippen LogP contribution in [-0.2, 0) is 0 Å². The van der Waals surface area contributed by atoms with Crippen molar-refractivity contribution in [1.29, 1.82) is 0 Å². The van der Waals surface area contributed by atoms with E-state index in [1.54, 1.807) is 0 Å². The van der Waals surface area contributed by atoms with Crippen LogP contribution >= 0.6 is 0 Å². The van der Waals surface area contributed by atoms with Gasteiger partial charge in [0.2, 0.25) is 0 Å². The van der Waals surface area contributed by atoms with Gasteiger partial charge < -0.3 is 5.73 Å². The zero-order chi connectivity index (χ0) is 21.0. The third-order valence-electron chi connectivity index (χ3n) is 11.5. The Hall–Kier alpha value is -0.0400. The molecule has 0 aromatic rings. The summed E-state index contributed by atoms with van der Waals surface area (Å²) in [4.78, 5) is 0. The Morgan fingerprint density at radius 3 is 2.14 bits per heavy atom. The van der Waals surface area contributed by atoms with Crippen molar-refractivity contribution in [1.82, 2.24) is 0 Å². The third-order valence-corrected chi connectivity index (χ3v) is 11.5. The smallest absolute Gasteiger partial charge is 0.00418 e. The highest BCUT2D eigenvalue weighted by Gasteiger charge is 2.65. The van der Waals surface area contributed by atoms with Crippen molar-refractivity contribution in [2.45, 2.75) is 125 Å². The second-order valence-electron chi connectivity index (χ2n) is 13.4. The zero-order valence-electron chi connectivity index (χ0n) is 20.6. The maximum Gasteiger partial charge on any atom is 0.00418 e. The fraction of sp³-hybridized carbons (Fsp3) is 1.00. The molecule has 29 heavy (non-hydrogen) atoms. The fourth-order valence-electron chi connectivity index (χ4n) is 9.99. The van der Waals surface area contributed by atoms with Gasteiger partial charge in [-0.2, -0.15) is 0 Å². The number of hydrogen-bond donors (Lipinski definition) is 1. The minimum absolute atomic E-state index is 0.480. The topological polar surface area (TPSA) is 26.0 Å². The van der Waals surface area contributed by atoms with Gasteiger partial charge in [-0.3, -0.25) is 0 Å². The Labute approximate surface area is 182 Å². The van der Waals surface area contributed by atoms with Crippen LogP contribution in [0.4, 0.5) is 0 Å². The van der Waals surface area contributed by atoms with E-state index in [0.717, 1.165) is 35.5 Å². The zero-order valence-corrected chi connectivity index (χ0v) is 20.6. The van der Waals surface area contributed by atoms with E-state index in [4.69, 9.17) is 5.73 Å². The van der Waals surface area contributed by atoms with E-state index >= 15 is 0 Å². The molecule has 0 radical (unpaired) electrons. The Morgan fingerprint density at radius 2 is 1.41 bits per heavy atom. The first-order chi connectivity index (χ1) is 13.6. The molecule has 1 unspecified atom stereocenters. The van der Waals surface area contributed by atoms with E-state index in [1.807, 2.05) is 0 Å². The predicted molar refractivity (Wildman–Crippen MR) is 126 cm³/mol. The van der Waals surface area contributed by atoms with Gasteiger partial charge in [0.05, 0.1) is 0 Å². The number of nitrogens with two attached hydrogens (primary N) is 1. The lowest BCUT2D eigenvalue weighted by atomic mass is 9.39. The van der Waals surface area contributed by atoms with Gasteiger partial charge in [-0.25, -0.2) is 0 Å². The predicted octanol–water partition coefficient (Wildman–Crippen LogP) is 7.83. The first kappa shape index (κ1) is 22.2. The molecule has 4 saturated carbocycles. The summed E-state index contributed by atoms with van der Waals surface area (Å²) in [6.07, 6.45) is 17.3. The Kier molecular flexibility index (Phi) is 5.98. The Bertz CT molecular complexity index is 583. The molecule has 4 fully saturated rings. The van der Waals surface area contributed by atoms with Crippen LogP contribution in [0, 0.1) is 51.8 Å². The molecule has 0 aliphatic heterocycles. The summed E-state index contributed by atoms with van der Waals surface area (Å²) in [5, 5.41) is 0. The van der Waals surface area contributed by atoms with Gasteiger partial charge in [-0.15, -0.1) is 0 Å². The normalized spacial score (nSPS) is 50.7. The first-order valence-electron chi connectivity index (χ1n) is 13.4. The summed E-state index contributed by atoms with van der Waals surface area (Å²) in [5.41, 5.74) is 8.19. The minimum atomic E-state index is 0.480. The van der Waals surface area contributed by atoms with Gasteiger partial charge in [0.15, 0.2) is 0 Å². The van der Waals surface area contributed by atoms with Crippen molar-refractivity contribution in [2.24, 2.45) is 57.5 Å². The average molecular weight is 402 g/mol. The number of fused-ring (bicyclic) bond motifs is 5. The van der Waals surface area contributed by atoms with Gasteiger partial charge in [-0.05, 0) is 110 Å². The summed E-state index contributed by atoms with van der Waals surface area (Å²) >= 11 is 0. The summed E-state index contributed by atoms with van der Waals surface area (Å²) in [6, 6.07) is 0.480. The van der Waals surface area contributed by atoms with Crippen molar-refractivity contribution in [3.05, 3.63) is 0 Å². The molecule has 4 aliphatic rings. The van der Waals surface area contributed by atoms with Crippen LogP contribution < -0.4 is 5.73 Å². The molecular formula is C28H51N. The highest BCUT2D eigenvalue weighted by Crippen LogP contribution is 2.72. The van der Waals surface area contributed by atoms with Gasteiger partial charge in [-0.1, -0.05) is 60.8 Å². The van der Waals surface area contributed by atoms with Crippen molar-refractivity contribution in [2.75, 3.05) is 0 Å². The van der Waals surface area contributed by atoms with Crippen molar-refractivity contribution >= 4 is 0 Å². The molecule has 0 heterocycles. The summed E-state index contributed by atoms with van der Waals surface area (Å²) < 4.78 is 0. The standard InChI is InChI=1S/C28H51N/c1-19(2)8-7-9-20(3)23-10-11-24-27(23,5)17-14-25-26(4)16-13-22(29)18-21(26)12-15-28(24,25)6/h19-25H,7-18,29H2,1-6H3/t20-,21+,22-,23?,24-,25-,26+,27-,28+/m1/s1. The number of hydrogen-bond acceptors (Lipinski definition) is 1. The van der Waals surface area contributed by atoms with Gasteiger partial charge in [0.1, 0.15) is 0 Å². The molecule has 1 nitrogen and oxygen atoms in total. The fourth-order valence-corrected chi connectivity index (χ4v) is 9.99. The minimum Gasteiger partial charge on any atom is -0.328 e. The van der Waals surface area contributed by atoms with Gasteiger partial charge in [0.25, 0.3) is 0 Å². The monoisotopic (exact) mass is 401 g/mol. The highest BCUT2D eigenvalue weighted by molar-refractivity contribution is 5.14. The van der Waals surface area contributed by atoms with Crippen LogP contribution in [0.25, 0.3) is 0 Å². The van der Waals surface area contributed by atoms with Crippen LogP contribution in [-0.4, -0.2) is 6.04 Å². The Morgan fingerprint density at radius 1 is 0.759 bits per heavy atom. The molecule has 2 N–H and O–H groups in total. The van der Waals surface area contributed by atoms with Gasteiger partial charge >= 0.3 is 0 Å². The maximum absolute atomic E-state index is 6.42. The second-order valence-corrected chi connectivity index (χ2v) is 13.4. The molecule has 1 heteroatoms. The molecule has 0 amide bonds. The lowest BCUT2D eigenvalue weighted by molar-refractivity contribution is -0.168. The van der Waals surface area contributed by atoms with Crippen LogP contribution in [0.3, 0.4) is 0 Å². The molecular weight excluding hydrogens is 350 g/mol. The van der Waals surface area contributed by atoms with Crippen LogP contribution in [0.2, 0.25) is 0 Å². The second kappa shape index (κ2) is 7.83. The maximum atomic E-state index is 6.42. The number of rotatable bonds is 5. The van der Waals surface area contributed by atoms with Crippen LogP contribution in [0.1, 0.15) is 119 Å². The van der Waals surface area contributed by atoms with Gasteiger partial charge in [0, 0.05) is 6.04 Å². The highest BCUT2D eigenvalue weighted by atomic mass is 14.7. The van der Waals surface area contributed by atoms with E-state index < -0.39 is 0 Å². The Balaban J connectivity index is 1.52. The van der Waals surface area contributed by atoms with Crippen molar-refractivity contribution in [3.8, 4) is 0 Å². The van der Waals surface area contributed by atoms with Crippen molar-refractivity contribution < 1.29 is 0 Å². The van der Waals surface area contributed by atoms with E-state index in [9.17, 15) is 0 Å². The molecule has 0 aromatic heterocycles. The molecule has 0 spiro atoms. The molecule has 0 saturated heterocycles. The quantitative estimate of drug-likeness (QED) is 0.499. The molecule has 4 rings (SSSR count). The molecule has 0 aromatic carbocycles. The first-order valence-corrected chi connectivity index (χ1v) is 13.4. The van der Waals surface area contributed by atoms with Crippen molar-refractivity contribution in [3.63, 3.8) is 0 Å². The SMILES string of the molecule is CC(C)CCC[C@@H](C)C1CC[C@H]2[C@]3(C)CC[C@H]4C[C@H](N)CC[C@]4(C)[C@H]3CC[C@]12C. The largest absolute Gasteiger partial charge is 0.328 e. The van der Waals surface area contributed by atoms with E-state index in [2.05, 4.69) is 41.5 Å². The molecule has 168 valence electrons. The van der Waals surface area contributed by atoms with E-state index in [0.29, 0.717) is 22.3 Å². The van der Waals surface area contributed by atoms with E-state index in [-0.39, 0.29) is 0 Å². The van der Waals surface area contributed by atoms with Crippen LogP contribution in [0.15, 0.2) is 0 Å². The lowest BCUT2D eigenvalue weighted by Crippen LogP contribution is -2.59. The molecule has 4 aliphatic carbocycles.